The molecule has 1 atom stereocenters. The minimum Gasteiger partial charge on any atom is -0.379 e. The number of ether oxygens (including phenoxy) is 2. The van der Waals surface area contributed by atoms with Crippen LogP contribution in [0.25, 0.3) is 0 Å². The van der Waals surface area contributed by atoms with Crippen molar-refractivity contribution in [2.75, 3.05) is 33.0 Å². The summed E-state index contributed by atoms with van der Waals surface area (Å²) in [6.07, 6.45) is 3.30. The number of hydrogen-bond acceptors (Lipinski definition) is 4. The topological polar surface area (TPSA) is 51.7 Å². The highest BCUT2D eigenvalue weighted by Gasteiger charge is 2.46. The van der Waals surface area contributed by atoms with Crippen LogP contribution in [0.1, 0.15) is 46.9 Å². The molecule has 1 aromatic heterocycles. The Morgan fingerprint density at radius 2 is 2.05 bits per heavy atom. The molecular formula is C17H22N2O3. The third-order valence-electron chi connectivity index (χ3n) is 5.06. The van der Waals surface area contributed by atoms with Crippen molar-refractivity contribution in [1.82, 2.24) is 9.88 Å². The zero-order valence-electron chi connectivity index (χ0n) is 13.0. The third-order valence-corrected chi connectivity index (χ3v) is 5.06. The minimum absolute atomic E-state index is 0.0705. The van der Waals surface area contributed by atoms with E-state index in [9.17, 15) is 4.79 Å². The van der Waals surface area contributed by atoms with Crippen molar-refractivity contribution in [2.45, 2.75) is 37.6 Å². The van der Waals surface area contributed by atoms with Crippen molar-refractivity contribution in [3.8, 4) is 0 Å². The van der Waals surface area contributed by atoms with Gasteiger partial charge in [-0.1, -0.05) is 0 Å². The minimum atomic E-state index is -0.281. The van der Waals surface area contributed by atoms with Crippen LogP contribution in [-0.2, 0) is 9.47 Å². The highest BCUT2D eigenvalue weighted by atomic mass is 16.5. The molecule has 1 amide bonds. The largest absolute Gasteiger partial charge is 0.379 e. The fraction of sp³-hybridized carbons (Fsp3) is 0.647. The van der Waals surface area contributed by atoms with E-state index in [0.29, 0.717) is 38.9 Å². The van der Waals surface area contributed by atoms with Crippen molar-refractivity contribution >= 4 is 5.91 Å². The van der Waals surface area contributed by atoms with Gasteiger partial charge in [-0.2, -0.15) is 0 Å². The van der Waals surface area contributed by atoms with Crippen LogP contribution in [0.2, 0.25) is 0 Å². The Morgan fingerprint density at radius 1 is 1.27 bits per heavy atom. The van der Waals surface area contributed by atoms with Gasteiger partial charge >= 0.3 is 0 Å². The summed E-state index contributed by atoms with van der Waals surface area (Å²) in [5.74, 6) is 0.682. The average Bonchev–Trinajstić information content (AvgIpc) is 3.29. The summed E-state index contributed by atoms with van der Waals surface area (Å²) in [6, 6.07) is 3.98. The summed E-state index contributed by atoms with van der Waals surface area (Å²) < 4.78 is 11.2. The van der Waals surface area contributed by atoms with Gasteiger partial charge in [0.15, 0.2) is 0 Å². The lowest BCUT2D eigenvalue weighted by atomic mass is 9.94. The Labute approximate surface area is 130 Å². The lowest BCUT2D eigenvalue weighted by Gasteiger charge is -2.43. The molecular weight excluding hydrogens is 280 g/mol. The van der Waals surface area contributed by atoms with Crippen molar-refractivity contribution in [3.05, 3.63) is 29.1 Å². The molecule has 0 aromatic carbocycles. The van der Waals surface area contributed by atoms with Crippen LogP contribution in [-0.4, -0.2) is 54.3 Å². The van der Waals surface area contributed by atoms with Crippen molar-refractivity contribution in [1.29, 1.82) is 0 Å². The van der Waals surface area contributed by atoms with E-state index in [1.54, 1.807) is 0 Å². The SMILES string of the molecule is Cc1nc(C2CC2)ccc1C(=O)N1CCOCC12CCOC2. The predicted molar refractivity (Wildman–Crippen MR) is 81.0 cm³/mol. The Hall–Kier alpha value is -1.46. The molecule has 22 heavy (non-hydrogen) atoms. The van der Waals surface area contributed by atoms with Gasteiger partial charge in [0, 0.05) is 24.8 Å². The zero-order chi connectivity index (χ0) is 15.2. The van der Waals surface area contributed by atoms with E-state index in [-0.39, 0.29) is 11.4 Å². The maximum absolute atomic E-state index is 13.1. The maximum atomic E-state index is 13.1. The second kappa shape index (κ2) is 5.32. The first kappa shape index (κ1) is 14.2. The van der Waals surface area contributed by atoms with Crippen LogP contribution in [0.15, 0.2) is 12.1 Å². The molecule has 1 spiro atoms. The first-order valence-corrected chi connectivity index (χ1v) is 8.15. The lowest BCUT2D eigenvalue weighted by Crippen LogP contribution is -2.59. The number of aryl methyl sites for hydroxylation is 1. The Kier molecular flexibility index (Phi) is 3.42. The molecule has 0 radical (unpaired) electrons. The number of aromatic nitrogens is 1. The van der Waals surface area contributed by atoms with Gasteiger partial charge in [0.25, 0.3) is 5.91 Å². The molecule has 3 aliphatic rings. The Bertz CT molecular complexity index is 592. The Balaban J connectivity index is 1.62. The van der Waals surface area contributed by atoms with Crippen LogP contribution in [0.5, 0.6) is 0 Å². The second-order valence-corrected chi connectivity index (χ2v) is 6.68. The third kappa shape index (κ3) is 2.32. The molecule has 118 valence electrons. The molecule has 1 saturated carbocycles. The molecule has 5 heteroatoms. The van der Waals surface area contributed by atoms with Crippen LogP contribution >= 0.6 is 0 Å². The average molecular weight is 302 g/mol. The van der Waals surface area contributed by atoms with Gasteiger partial charge < -0.3 is 14.4 Å². The van der Waals surface area contributed by atoms with Gasteiger partial charge in [-0.25, -0.2) is 0 Å². The number of rotatable bonds is 2. The predicted octanol–water partition coefficient (Wildman–Crippen LogP) is 1.90. The highest BCUT2D eigenvalue weighted by Crippen LogP contribution is 2.39. The molecule has 1 aliphatic carbocycles. The van der Waals surface area contributed by atoms with E-state index < -0.39 is 0 Å². The van der Waals surface area contributed by atoms with Crippen molar-refractivity contribution < 1.29 is 14.3 Å². The van der Waals surface area contributed by atoms with Gasteiger partial charge in [-0.15, -0.1) is 0 Å². The number of pyridine rings is 1. The van der Waals surface area contributed by atoms with Crippen LogP contribution in [0.4, 0.5) is 0 Å². The first-order valence-electron chi connectivity index (χ1n) is 8.15. The summed E-state index contributed by atoms with van der Waals surface area (Å²) in [4.78, 5) is 19.7. The summed E-state index contributed by atoms with van der Waals surface area (Å²) in [5.41, 5.74) is 2.42. The van der Waals surface area contributed by atoms with Gasteiger partial charge in [-0.3, -0.25) is 9.78 Å². The van der Waals surface area contributed by atoms with E-state index in [1.165, 1.54) is 12.8 Å². The normalized spacial score (nSPS) is 28.3. The molecule has 4 rings (SSSR count). The highest BCUT2D eigenvalue weighted by molar-refractivity contribution is 5.96. The smallest absolute Gasteiger partial charge is 0.256 e. The van der Waals surface area contributed by atoms with Gasteiger partial charge in [0.1, 0.15) is 0 Å². The molecule has 2 aliphatic heterocycles. The van der Waals surface area contributed by atoms with Gasteiger partial charge in [0.2, 0.25) is 0 Å². The molecule has 3 fully saturated rings. The number of hydrogen-bond donors (Lipinski definition) is 0. The first-order chi connectivity index (χ1) is 10.7. The molecule has 2 saturated heterocycles. The number of nitrogens with zero attached hydrogens (tertiary/aromatic N) is 2. The summed E-state index contributed by atoms with van der Waals surface area (Å²) in [5, 5.41) is 0. The quantitative estimate of drug-likeness (QED) is 0.837. The van der Waals surface area contributed by atoms with Crippen molar-refractivity contribution in [3.63, 3.8) is 0 Å². The molecule has 1 aromatic rings. The number of carbonyl (C=O) groups excluding carboxylic acids is 1. The van der Waals surface area contributed by atoms with Crippen LogP contribution in [0, 0.1) is 6.92 Å². The molecule has 0 bridgehead atoms. The fourth-order valence-corrected chi connectivity index (χ4v) is 3.53. The Morgan fingerprint density at radius 3 is 2.73 bits per heavy atom. The van der Waals surface area contributed by atoms with Crippen LogP contribution < -0.4 is 0 Å². The van der Waals surface area contributed by atoms with E-state index in [0.717, 1.165) is 23.4 Å². The lowest BCUT2D eigenvalue weighted by molar-refractivity contribution is -0.0551. The summed E-state index contributed by atoms with van der Waals surface area (Å²) >= 11 is 0. The molecule has 3 heterocycles. The molecule has 1 unspecified atom stereocenters. The van der Waals surface area contributed by atoms with Crippen molar-refractivity contribution in [2.24, 2.45) is 0 Å². The van der Waals surface area contributed by atoms with Crippen LogP contribution in [0.3, 0.4) is 0 Å². The number of morpholine rings is 1. The second-order valence-electron chi connectivity index (χ2n) is 6.68. The van der Waals surface area contributed by atoms with E-state index in [1.807, 2.05) is 24.0 Å². The molecule has 0 N–H and O–H groups in total. The van der Waals surface area contributed by atoms with E-state index in [4.69, 9.17) is 9.47 Å². The molecule has 5 nitrogen and oxygen atoms in total. The standard InChI is InChI=1S/C17H22N2O3/c1-12-14(4-5-15(18-12)13-2-3-13)16(20)19-7-9-22-11-17(19)6-8-21-10-17/h4-5,13H,2-3,6-11H2,1H3. The summed E-state index contributed by atoms with van der Waals surface area (Å²) in [7, 11) is 0. The summed E-state index contributed by atoms with van der Waals surface area (Å²) in [6.45, 7) is 5.02. The van der Waals surface area contributed by atoms with Gasteiger partial charge in [0.05, 0.1) is 36.6 Å². The van der Waals surface area contributed by atoms with E-state index >= 15 is 0 Å². The van der Waals surface area contributed by atoms with Gasteiger partial charge in [-0.05, 0) is 38.3 Å². The fourth-order valence-electron chi connectivity index (χ4n) is 3.53. The van der Waals surface area contributed by atoms with E-state index in [2.05, 4.69) is 4.98 Å². The monoisotopic (exact) mass is 302 g/mol. The zero-order valence-corrected chi connectivity index (χ0v) is 13.0. The number of carbonyl (C=O) groups is 1. The maximum Gasteiger partial charge on any atom is 0.256 e. The number of amides is 1.